The highest BCUT2D eigenvalue weighted by Crippen LogP contribution is 2.32. The van der Waals surface area contributed by atoms with Crippen LogP contribution in [0.1, 0.15) is 38.6 Å². The van der Waals surface area contributed by atoms with E-state index in [1.54, 1.807) is 7.11 Å². The predicted octanol–water partition coefficient (Wildman–Crippen LogP) is 2.88. The van der Waals surface area contributed by atoms with Crippen LogP contribution in [0.2, 0.25) is 0 Å². The maximum atomic E-state index is 12.5. The van der Waals surface area contributed by atoms with Crippen LogP contribution in [0.4, 0.5) is 0 Å². The maximum Gasteiger partial charge on any atom is 0.326 e. The lowest BCUT2D eigenvalue weighted by molar-refractivity contribution is -0.00973. The number of H-pyrrole nitrogens is 1. The molecule has 1 aromatic heterocycles. The summed E-state index contributed by atoms with van der Waals surface area (Å²) in [6.07, 6.45) is 4.14. The molecule has 1 N–H and O–H groups in total. The van der Waals surface area contributed by atoms with Gasteiger partial charge in [0.05, 0.1) is 37.0 Å². The number of imidazole rings is 1. The highest BCUT2D eigenvalue weighted by molar-refractivity contribution is 5.77. The second kappa shape index (κ2) is 7.85. The highest BCUT2D eigenvalue weighted by atomic mass is 16.5. The van der Waals surface area contributed by atoms with Gasteiger partial charge >= 0.3 is 5.69 Å². The highest BCUT2D eigenvalue weighted by Gasteiger charge is 2.26. The number of hydrogen-bond acceptors (Lipinski definition) is 4. The zero-order valence-corrected chi connectivity index (χ0v) is 14.4. The number of nitrogens with one attached hydrogen (secondary N) is 1. The van der Waals surface area contributed by atoms with Gasteiger partial charge in [0.2, 0.25) is 0 Å². The van der Waals surface area contributed by atoms with E-state index in [1.807, 2.05) is 29.7 Å². The molecule has 0 spiro atoms. The van der Waals surface area contributed by atoms with Crippen LogP contribution in [0.5, 0.6) is 5.75 Å². The fourth-order valence-corrected chi connectivity index (χ4v) is 3.52. The molecular formula is C18H26N2O4. The van der Waals surface area contributed by atoms with E-state index in [1.165, 1.54) is 0 Å². The van der Waals surface area contributed by atoms with Crippen molar-refractivity contribution < 1.29 is 14.2 Å². The second-order valence-electron chi connectivity index (χ2n) is 6.22. The SMILES string of the molecule is CCOc1ccc2[nH]c(=O)n(C3CCCC(OCCOC)C3)c2c1. The third-order valence-corrected chi connectivity index (χ3v) is 4.60. The Morgan fingerprint density at radius 1 is 1.29 bits per heavy atom. The first-order chi connectivity index (χ1) is 11.7. The number of methoxy groups -OCH3 is 1. The number of aromatic nitrogens is 2. The lowest BCUT2D eigenvalue weighted by atomic mass is 9.92. The Kier molecular flexibility index (Phi) is 5.58. The van der Waals surface area contributed by atoms with Crippen molar-refractivity contribution in [2.45, 2.75) is 44.8 Å². The van der Waals surface area contributed by atoms with Crippen LogP contribution >= 0.6 is 0 Å². The lowest BCUT2D eigenvalue weighted by Gasteiger charge is -2.30. The first kappa shape index (κ1) is 17.0. The Balaban J connectivity index is 1.83. The summed E-state index contributed by atoms with van der Waals surface area (Å²) < 4.78 is 18.4. The van der Waals surface area contributed by atoms with E-state index in [9.17, 15) is 4.79 Å². The summed E-state index contributed by atoms with van der Waals surface area (Å²) in [5.74, 6) is 0.793. The van der Waals surface area contributed by atoms with Crippen LogP contribution in [0.3, 0.4) is 0 Å². The van der Waals surface area contributed by atoms with Gasteiger partial charge in [0, 0.05) is 19.2 Å². The molecule has 1 aliphatic rings. The summed E-state index contributed by atoms with van der Waals surface area (Å²) in [4.78, 5) is 15.4. The summed E-state index contributed by atoms with van der Waals surface area (Å²) in [7, 11) is 1.68. The molecule has 0 aliphatic heterocycles. The van der Waals surface area contributed by atoms with Crippen LogP contribution in [-0.2, 0) is 9.47 Å². The Morgan fingerprint density at radius 2 is 2.17 bits per heavy atom. The monoisotopic (exact) mass is 334 g/mol. The summed E-state index contributed by atoms with van der Waals surface area (Å²) in [6.45, 7) is 3.77. The Hall–Kier alpha value is -1.79. The van der Waals surface area contributed by atoms with E-state index in [-0.39, 0.29) is 17.8 Å². The quantitative estimate of drug-likeness (QED) is 0.791. The molecule has 1 fully saturated rings. The van der Waals surface area contributed by atoms with Gasteiger partial charge in [0.15, 0.2) is 0 Å². The average Bonchev–Trinajstić information content (AvgIpc) is 2.91. The van der Waals surface area contributed by atoms with Crippen molar-refractivity contribution in [3.05, 3.63) is 28.7 Å². The van der Waals surface area contributed by atoms with Crippen LogP contribution in [0.25, 0.3) is 11.0 Å². The Labute approximate surface area is 141 Å². The number of hydrogen-bond donors (Lipinski definition) is 1. The molecule has 6 heteroatoms. The molecular weight excluding hydrogens is 308 g/mol. The first-order valence-electron chi connectivity index (χ1n) is 8.70. The third kappa shape index (κ3) is 3.65. The fourth-order valence-electron chi connectivity index (χ4n) is 3.52. The molecule has 0 bridgehead atoms. The van der Waals surface area contributed by atoms with E-state index in [0.717, 1.165) is 42.5 Å². The molecule has 0 saturated heterocycles. The van der Waals surface area contributed by atoms with Gasteiger partial charge in [-0.2, -0.15) is 0 Å². The van der Waals surface area contributed by atoms with Gasteiger partial charge in [-0.15, -0.1) is 0 Å². The number of nitrogens with zero attached hydrogens (tertiary/aromatic N) is 1. The number of aromatic amines is 1. The van der Waals surface area contributed by atoms with Gasteiger partial charge in [-0.25, -0.2) is 4.79 Å². The van der Waals surface area contributed by atoms with E-state index in [4.69, 9.17) is 14.2 Å². The zero-order chi connectivity index (χ0) is 16.9. The van der Waals surface area contributed by atoms with E-state index in [0.29, 0.717) is 19.8 Å². The van der Waals surface area contributed by atoms with Crippen LogP contribution in [0, 0.1) is 0 Å². The van der Waals surface area contributed by atoms with Crippen molar-refractivity contribution in [1.29, 1.82) is 0 Å². The van der Waals surface area contributed by atoms with E-state index in [2.05, 4.69) is 4.98 Å². The van der Waals surface area contributed by atoms with Gasteiger partial charge in [-0.3, -0.25) is 4.57 Å². The predicted molar refractivity (Wildman–Crippen MR) is 92.8 cm³/mol. The van der Waals surface area contributed by atoms with Crippen molar-refractivity contribution in [2.24, 2.45) is 0 Å². The van der Waals surface area contributed by atoms with Gasteiger partial charge in [-0.1, -0.05) is 0 Å². The maximum absolute atomic E-state index is 12.5. The summed E-state index contributed by atoms with van der Waals surface area (Å²) in [6, 6.07) is 5.91. The van der Waals surface area contributed by atoms with Gasteiger partial charge < -0.3 is 19.2 Å². The number of benzene rings is 1. The topological polar surface area (TPSA) is 65.5 Å². The second-order valence-corrected chi connectivity index (χ2v) is 6.22. The minimum Gasteiger partial charge on any atom is -0.494 e. The molecule has 1 aliphatic carbocycles. The Bertz CT molecular complexity index is 721. The molecule has 132 valence electrons. The molecule has 1 aromatic carbocycles. The van der Waals surface area contributed by atoms with Crippen molar-refractivity contribution >= 4 is 11.0 Å². The normalized spacial score (nSPS) is 21.2. The molecule has 0 amide bonds. The number of rotatable bonds is 7. The first-order valence-corrected chi connectivity index (χ1v) is 8.70. The van der Waals surface area contributed by atoms with Crippen molar-refractivity contribution in [3.8, 4) is 5.75 Å². The van der Waals surface area contributed by atoms with Gasteiger partial charge in [0.25, 0.3) is 0 Å². The summed E-state index contributed by atoms with van der Waals surface area (Å²) in [5, 5.41) is 0. The summed E-state index contributed by atoms with van der Waals surface area (Å²) >= 11 is 0. The third-order valence-electron chi connectivity index (χ3n) is 4.60. The van der Waals surface area contributed by atoms with Crippen LogP contribution in [0.15, 0.2) is 23.0 Å². The van der Waals surface area contributed by atoms with Crippen LogP contribution in [-0.4, -0.2) is 42.6 Å². The largest absolute Gasteiger partial charge is 0.494 e. The Morgan fingerprint density at radius 3 is 2.96 bits per heavy atom. The minimum atomic E-state index is -0.0545. The smallest absolute Gasteiger partial charge is 0.326 e. The van der Waals surface area contributed by atoms with Crippen molar-refractivity contribution in [2.75, 3.05) is 26.9 Å². The molecule has 2 aromatic rings. The van der Waals surface area contributed by atoms with Crippen molar-refractivity contribution in [1.82, 2.24) is 9.55 Å². The molecule has 1 saturated carbocycles. The molecule has 24 heavy (non-hydrogen) atoms. The van der Waals surface area contributed by atoms with Crippen molar-refractivity contribution in [3.63, 3.8) is 0 Å². The number of fused-ring (bicyclic) bond motifs is 1. The molecule has 1 heterocycles. The molecule has 2 unspecified atom stereocenters. The average molecular weight is 334 g/mol. The van der Waals surface area contributed by atoms with Gasteiger partial charge in [-0.05, 0) is 44.7 Å². The lowest BCUT2D eigenvalue weighted by Crippen LogP contribution is -2.30. The number of ether oxygens (including phenoxy) is 3. The van der Waals surface area contributed by atoms with E-state index >= 15 is 0 Å². The summed E-state index contributed by atoms with van der Waals surface area (Å²) in [5.41, 5.74) is 1.71. The molecule has 6 nitrogen and oxygen atoms in total. The molecule has 3 rings (SSSR count). The van der Waals surface area contributed by atoms with Gasteiger partial charge in [0.1, 0.15) is 5.75 Å². The fraction of sp³-hybridized carbons (Fsp3) is 0.611. The van der Waals surface area contributed by atoms with E-state index < -0.39 is 0 Å². The zero-order valence-electron chi connectivity index (χ0n) is 14.4. The minimum absolute atomic E-state index is 0.0545. The standard InChI is InChI=1S/C18H26N2O4/c1-3-23-15-7-8-16-17(12-15)20(18(21)19-16)13-5-4-6-14(11-13)24-10-9-22-2/h7-8,12-14H,3-6,9-11H2,1-2H3,(H,19,21). The molecule has 2 atom stereocenters. The molecule has 0 radical (unpaired) electrons. The van der Waals surface area contributed by atoms with Crippen LogP contribution < -0.4 is 10.4 Å².